The molecule has 0 saturated heterocycles. The van der Waals surface area contributed by atoms with Crippen molar-refractivity contribution in [3.63, 3.8) is 0 Å². The minimum atomic E-state index is -0.415. The zero-order chi connectivity index (χ0) is 33.7. The van der Waals surface area contributed by atoms with Crippen LogP contribution in [0.3, 0.4) is 0 Å². The Morgan fingerprint density at radius 3 is 1.48 bits per heavy atom. The maximum Gasteiger partial charge on any atom is 0.338 e. The van der Waals surface area contributed by atoms with Gasteiger partial charge in [-0.3, -0.25) is 0 Å². The summed E-state index contributed by atoms with van der Waals surface area (Å²) >= 11 is 0. The predicted molar refractivity (Wildman–Crippen MR) is 177 cm³/mol. The topological polar surface area (TPSA) is 111 Å². The number of methoxy groups -OCH3 is 6. The normalized spacial score (nSPS) is 11.0. The van der Waals surface area contributed by atoms with E-state index in [-0.39, 0.29) is 5.97 Å². The van der Waals surface area contributed by atoms with E-state index in [1.165, 1.54) is 27.4 Å². The molecule has 0 aliphatic carbocycles. The van der Waals surface area contributed by atoms with Crippen LogP contribution in [0.15, 0.2) is 30.3 Å². The fourth-order valence-electron chi connectivity index (χ4n) is 4.82. The number of ether oxygens (including phenoxy) is 8. The quantitative estimate of drug-likeness (QED) is 0.0782. The largest absolute Gasteiger partial charge is 0.493 e. The maximum absolute atomic E-state index is 12.5. The Morgan fingerprint density at radius 2 is 1.02 bits per heavy atom. The number of rotatable bonds is 23. The molecule has 0 aliphatic heterocycles. The number of unbranched alkanes of at least 4 members (excludes halogenated alkanes) is 6. The van der Waals surface area contributed by atoms with E-state index in [0.717, 1.165) is 70.0 Å². The predicted octanol–water partition coefficient (Wildman–Crippen LogP) is 6.20. The number of nitrogens with zero attached hydrogens (tertiary/aromatic N) is 1. The van der Waals surface area contributed by atoms with E-state index in [1.54, 1.807) is 51.7 Å². The summed E-state index contributed by atoms with van der Waals surface area (Å²) in [6.07, 6.45) is 11.1. The van der Waals surface area contributed by atoms with Crippen LogP contribution in [0.4, 0.5) is 0 Å². The van der Waals surface area contributed by atoms with Crippen molar-refractivity contribution in [2.75, 3.05) is 76.0 Å². The first-order valence-corrected chi connectivity index (χ1v) is 15.6. The molecule has 0 aliphatic rings. The Labute approximate surface area is 273 Å². The van der Waals surface area contributed by atoms with Crippen LogP contribution >= 0.6 is 0 Å². The molecule has 0 fully saturated rings. The van der Waals surface area contributed by atoms with Gasteiger partial charge in [0.1, 0.15) is 0 Å². The molecule has 0 amide bonds. The summed E-state index contributed by atoms with van der Waals surface area (Å²) in [7, 11) is 11.3. The highest BCUT2D eigenvalue weighted by Crippen LogP contribution is 2.39. The number of carbonyl (C=O) groups is 2. The van der Waals surface area contributed by atoms with Crippen LogP contribution in [0, 0.1) is 0 Å². The molecule has 0 N–H and O–H groups in total. The van der Waals surface area contributed by atoms with Crippen molar-refractivity contribution < 1.29 is 47.5 Å². The van der Waals surface area contributed by atoms with Gasteiger partial charge in [-0.05, 0) is 81.7 Å². The number of hydrogen-bond acceptors (Lipinski definition) is 11. The van der Waals surface area contributed by atoms with E-state index in [4.69, 9.17) is 37.9 Å². The molecule has 2 aromatic carbocycles. The van der Waals surface area contributed by atoms with Crippen molar-refractivity contribution >= 4 is 18.0 Å². The van der Waals surface area contributed by atoms with Gasteiger partial charge in [-0.2, -0.15) is 0 Å². The van der Waals surface area contributed by atoms with E-state index < -0.39 is 5.97 Å². The summed E-state index contributed by atoms with van der Waals surface area (Å²) in [5, 5.41) is 0. The molecule has 256 valence electrons. The van der Waals surface area contributed by atoms with Gasteiger partial charge >= 0.3 is 11.9 Å². The van der Waals surface area contributed by atoms with E-state index in [1.807, 2.05) is 0 Å². The lowest BCUT2D eigenvalue weighted by molar-refractivity contribution is -0.137. The van der Waals surface area contributed by atoms with E-state index in [2.05, 4.69) is 11.9 Å². The lowest BCUT2D eigenvalue weighted by Crippen LogP contribution is -2.20. The van der Waals surface area contributed by atoms with Crippen molar-refractivity contribution in [2.24, 2.45) is 0 Å². The van der Waals surface area contributed by atoms with Gasteiger partial charge < -0.3 is 42.8 Å². The number of hydrogen-bond donors (Lipinski definition) is 0. The highest BCUT2D eigenvalue weighted by atomic mass is 16.5. The smallest absolute Gasteiger partial charge is 0.338 e. The molecule has 0 bridgehead atoms. The van der Waals surface area contributed by atoms with Crippen LogP contribution in [0.1, 0.15) is 67.3 Å². The van der Waals surface area contributed by atoms with Crippen molar-refractivity contribution in [3.8, 4) is 34.5 Å². The Morgan fingerprint density at radius 1 is 0.587 bits per heavy atom. The molecule has 0 aromatic heterocycles. The minimum Gasteiger partial charge on any atom is -0.493 e. The maximum atomic E-state index is 12.5. The Bertz CT molecular complexity index is 1200. The minimum absolute atomic E-state index is 0.360. The van der Waals surface area contributed by atoms with Crippen LogP contribution in [-0.2, 0) is 14.3 Å². The number of benzene rings is 2. The summed E-state index contributed by atoms with van der Waals surface area (Å²) in [5.41, 5.74) is 1.10. The second kappa shape index (κ2) is 21.6. The van der Waals surface area contributed by atoms with Crippen molar-refractivity contribution in [1.82, 2.24) is 4.90 Å². The third-order valence-electron chi connectivity index (χ3n) is 7.35. The van der Waals surface area contributed by atoms with Crippen LogP contribution in [0.2, 0.25) is 0 Å². The summed E-state index contributed by atoms with van der Waals surface area (Å²) in [4.78, 5) is 27.0. The highest BCUT2D eigenvalue weighted by molar-refractivity contribution is 5.91. The first-order valence-electron chi connectivity index (χ1n) is 15.6. The van der Waals surface area contributed by atoms with Gasteiger partial charge in [-0.1, -0.05) is 25.7 Å². The van der Waals surface area contributed by atoms with E-state index in [0.29, 0.717) is 53.3 Å². The van der Waals surface area contributed by atoms with Crippen LogP contribution in [0.5, 0.6) is 34.5 Å². The van der Waals surface area contributed by atoms with Crippen LogP contribution in [0.25, 0.3) is 6.08 Å². The zero-order valence-electron chi connectivity index (χ0n) is 28.5. The van der Waals surface area contributed by atoms with E-state index in [9.17, 15) is 9.59 Å². The summed E-state index contributed by atoms with van der Waals surface area (Å²) < 4.78 is 42.7. The van der Waals surface area contributed by atoms with Gasteiger partial charge in [0.15, 0.2) is 23.0 Å². The molecule has 11 heteroatoms. The molecule has 0 atom stereocenters. The summed E-state index contributed by atoms with van der Waals surface area (Å²) in [6, 6.07) is 6.72. The molecule has 0 spiro atoms. The van der Waals surface area contributed by atoms with Crippen molar-refractivity contribution in [1.29, 1.82) is 0 Å². The summed E-state index contributed by atoms with van der Waals surface area (Å²) in [6.45, 7) is 2.82. The Kier molecular flexibility index (Phi) is 17.9. The Hall–Kier alpha value is -4.12. The average Bonchev–Trinajstić information content (AvgIpc) is 3.08. The molecular weight excluding hydrogens is 594 g/mol. The van der Waals surface area contributed by atoms with Crippen LogP contribution < -0.4 is 28.4 Å². The van der Waals surface area contributed by atoms with Crippen molar-refractivity contribution in [3.05, 3.63) is 41.5 Å². The van der Waals surface area contributed by atoms with Crippen LogP contribution in [-0.4, -0.2) is 92.8 Å². The zero-order valence-corrected chi connectivity index (χ0v) is 28.5. The monoisotopic (exact) mass is 645 g/mol. The molecule has 0 radical (unpaired) electrons. The van der Waals surface area contributed by atoms with Crippen molar-refractivity contribution in [2.45, 2.75) is 51.4 Å². The second-order valence-corrected chi connectivity index (χ2v) is 10.6. The third-order valence-corrected chi connectivity index (χ3v) is 7.35. The lowest BCUT2D eigenvalue weighted by Gasteiger charge is -2.16. The van der Waals surface area contributed by atoms with Gasteiger partial charge in [-0.25, -0.2) is 9.59 Å². The second-order valence-electron chi connectivity index (χ2n) is 10.6. The van der Waals surface area contributed by atoms with Gasteiger partial charge in [-0.15, -0.1) is 0 Å². The SMILES string of the molecule is COc1cc(/C=C/C(=O)OCCCCCCN(C)CCCCCCOC(=O)c2cc(OC)c(OC)c(OC)c2)cc(OC)c1OC. The molecule has 0 saturated carbocycles. The molecule has 2 rings (SSSR count). The number of esters is 2. The number of carbonyl (C=O) groups excluding carboxylic acids is 2. The van der Waals surface area contributed by atoms with E-state index >= 15 is 0 Å². The average molecular weight is 646 g/mol. The molecule has 0 unspecified atom stereocenters. The molecule has 2 aromatic rings. The lowest BCUT2D eigenvalue weighted by atomic mass is 10.1. The highest BCUT2D eigenvalue weighted by Gasteiger charge is 2.18. The Balaban J connectivity index is 1.51. The molecule has 11 nitrogen and oxygen atoms in total. The molecule has 46 heavy (non-hydrogen) atoms. The summed E-state index contributed by atoms with van der Waals surface area (Å²) in [5.74, 6) is 2.00. The fraction of sp³-hybridized carbons (Fsp3) is 0.543. The first kappa shape index (κ1) is 38.1. The van der Waals surface area contributed by atoms with Gasteiger partial charge in [0, 0.05) is 6.08 Å². The van der Waals surface area contributed by atoms with Gasteiger partial charge in [0.25, 0.3) is 0 Å². The third kappa shape index (κ3) is 12.7. The first-order chi connectivity index (χ1) is 22.3. The fourth-order valence-corrected chi connectivity index (χ4v) is 4.82. The van der Waals surface area contributed by atoms with Gasteiger partial charge in [0.05, 0.1) is 61.4 Å². The van der Waals surface area contributed by atoms with Gasteiger partial charge in [0.2, 0.25) is 11.5 Å². The standard InChI is InChI=1S/C35H51NO10/c1-36(19-13-9-11-15-21-46-35(38)27-24-30(41-4)34(44-7)31(25-27)42-5)18-12-8-10-14-20-45-32(37)17-16-26-22-28(39-2)33(43-6)29(23-26)40-3/h16-17,22-25H,8-15,18-21H2,1-7H3/b17-16+. The molecular formula is C35H51NO10. The molecule has 0 heterocycles.